The van der Waals surface area contributed by atoms with Gasteiger partial charge in [-0.2, -0.15) is 0 Å². The van der Waals surface area contributed by atoms with Crippen LogP contribution in [0.2, 0.25) is 0 Å². The van der Waals surface area contributed by atoms with Crippen LogP contribution in [0.3, 0.4) is 0 Å². The predicted octanol–water partition coefficient (Wildman–Crippen LogP) is 1.93. The fraction of sp³-hybridized carbons (Fsp3) is 0.938. The van der Waals surface area contributed by atoms with Crippen LogP contribution in [0.15, 0.2) is 0 Å². The molecule has 0 unspecified atom stereocenters. The minimum atomic E-state index is 0.212. The molecule has 0 N–H and O–H groups in total. The Morgan fingerprint density at radius 3 is 2.71 bits per heavy atom. The molecule has 0 aromatic rings. The summed E-state index contributed by atoms with van der Waals surface area (Å²) in [5.41, 5.74) is 0. The number of carbonyl (C=O) groups is 1. The molecule has 4 fully saturated rings. The molecule has 3 heterocycles. The van der Waals surface area contributed by atoms with E-state index in [0.717, 1.165) is 63.8 Å². The Kier molecular flexibility index (Phi) is 3.92. The molecule has 0 aromatic carbocycles. The van der Waals surface area contributed by atoms with Gasteiger partial charge in [0.15, 0.2) is 0 Å². The Hall–Kier alpha value is -0.260. The number of ether oxygens (including phenoxy) is 2. The fourth-order valence-electron chi connectivity index (χ4n) is 3.69. The van der Waals surface area contributed by atoms with Gasteiger partial charge >= 0.3 is 0 Å². The van der Waals surface area contributed by atoms with Crippen molar-refractivity contribution in [2.24, 2.45) is 11.8 Å². The number of hydrogen-bond acceptors (Lipinski definition) is 4. The van der Waals surface area contributed by atoms with Crippen molar-refractivity contribution >= 4 is 17.7 Å². The summed E-state index contributed by atoms with van der Waals surface area (Å²) in [5.74, 6) is 2.54. The predicted molar refractivity (Wildman–Crippen MR) is 82.4 cm³/mol. The van der Waals surface area contributed by atoms with Gasteiger partial charge in [0.25, 0.3) is 0 Å². The van der Waals surface area contributed by atoms with Gasteiger partial charge in [0.05, 0.1) is 10.9 Å². The number of likely N-dealkylation sites (tertiary alicyclic amines) is 1. The van der Waals surface area contributed by atoms with Crippen molar-refractivity contribution in [1.82, 2.24) is 4.90 Å². The summed E-state index contributed by atoms with van der Waals surface area (Å²) in [4.78, 5) is 14.5. The summed E-state index contributed by atoms with van der Waals surface area (Å²) >= 11 is 2.04. The molecule has 1 saturated carbocycles. The molecule has 4 nitrogen and oxygen atoms in total. The van der Waals surface area contributed by atoms with Gasteiger partial charge in [0, 0.05) is 44.6 Å². The number of nitrogens with zero attached hydrogens (tertiary/aromatic N) is 1. The number of rotatable bonds is 4. The molecule has 21 heavy (non-hydrogen) atoms. The zero-order chi connectivity index (χ0) is 14.3. The highest BCUT2D eigenvalue weighted by Crippen LogP contribution is 2.47. The van der Waals surface area contributed by atoms with Crippen LogP contribution in [0.4, 0.5) is 0 Å². The van der Waals surface area contributed by atoms with Crippen LogP contribution in [-0.2, 0) is 14.3 Å². The summed E-state index contributed by atoms with van der Waals surface area (Å²) in [6.07, 6.45) is 6.10. The molecule has 4 rings (SSSR count). The van der Waals surface area contributed by atoms with Crippen LogP contribution in [0.25, 0.3) is 0 Å². The summed E-state index contributed by atoms with van der Waals surface area (Å²) in [7, 11) is 0. The molecule has 118 valence electrons. The standard InChI is InChI=1S/C16H25NO3S/c18-15(13-3-5-19-6-4-13)17-10-16(11-17)7-14(9-21-16)20-8-12-1-2-12/h12-14H,1-11H2/t14-/m1/s1. The Morgan fingerprint density at radius 2 is 2.00 bits per heavy atom. The number of carbonyl (C=O) groups excluding carboxylic acids is 1. The highest BCUT2D eigenvalue weighted by Gasteiger charge is 2.51. The second-order valence-electron chi connectivity index (χ2n) is 7.18. The first-order valence-corrected chi connectivity index (χ1v) is 9.35. The first kappa shape index (κ1) is 14.3. The molecule has 0 aromatic heterocycles. The summed E-state index contributed by atoms with van der Waals surface area (Å²) in [6, 6.07) is 0. The lowest BCUT2D eigenvalue weighted by Crippen LogP contribution is -2.62. The summed E-state index contributed by atoms with van der Waals surface area (Å²) in [5, 5.41) is 0. The van der Waals surface area contributed by atoms with Gasteiger partial charge in [-0.25, -0.2) is 0 Å². The molecular formula is C16H25NO3S. The van der Waals surface area contributed by atoms with E-state index >= 15 is 0 Å². The van der Waals surface area contributed by atoms with E-state index in [-0.39, 0.29) is 5.92 Å². The van der Waals surface area contributed by atoms with Crippen molar-refractivity contribution in [2.45, 2.75) is 43.0 Å². The zero-order valence-electron chi connectivity index (χ0n) is 12.6. The summed E-state index contributed by atoms with van der Waals surface area (Å²) < 4.78 is 11.7. The molecule has 3 saturated heterocycles. The molecular weight excluding hydrogens is 286 g/mol. The first-order valence-electron chi connectivity index (χ1n) is 8.36. The minimum absolute atomic E-state index is 0.212. The lowest BCUT2D eigenvalue weighted by Gasteiger charge is -2.48. The second kappa shape index (κ2) is 5.74. The van der Waals surface area contributed by atoms with Gasteiger partial charge in [-0.1, -0.05) is 0 Å². The van der Waals surface area contributed by atoms with E-state index in [2.05, 4.69) is 4.90 Å². The van der Waals surface area contributed by atoms with E-state index in [1.54, 1.807) is 0 Å². The molecule has 0 bridgehead atoms. The molecule has 5 heteroatoms. The maximum Gasteiger partial charge on any atom is 0.225 e. The number of thioether (sulfide) groups is 1. The van der Waals surface area contributed by atoms with Crippen LogP contribution < -0.4 is 0 Å². The van der Waals surface area contributed by atoms with Gasteiger partial charge in [-0.15, -0.1) is 11.8 Å². The topological polar surface area (TPSA) is 38.8 Å². The lowest BCUT2D eigenvalue weighted by molar-refractivity contribution is -0.144. The van der Waals surface area contributed by atoms with E-state index in [1.807, 2.05) is 11.8 Å². The van der Waals surface area contributed by atoms with E-state index in [4.69, 9.17) is 9.47 Å². The highest BCUT2D eigenvalue weighted by atomic mass is 32.2. The Labute approximate surface area is 130 Å². The van der Waals surface area contributed by atoms with Crippen molar-refractivity contribution in [2.75, 3.05) is 38.7 Å². The smallest absolute Gasteiger partial charge is 0.225 e. The second-order valence-corrected chi connectivity index (χ2v) is 8.67. The Bertz CT molecular complexity index is 400. The van der Waals surface area contributed by atoms with Crippen molar-refractivity contribution < 1.29 is 14.3 Å². The van der Waals surface area contributed by atoms with Crippen molar-refractivity contribution in [3.05, 3.63) is 0 Å². The third-order valence-corrected chi connectivity index (χ3v) is 6.86. The molecule has 1 spiro atoms. The van der Waals surface area contributed by atoms with Crippen LogP contribution in [-0.4, -0.2) is 60.3 Å². The number of hydrogen-bond donors (Lipinski definition) is 0. The van der Waals surface area contributed by atoms with Gasteiger partial charge in [0.1, 0.15) is 0 Å². The van der Waals surface area contributed by atoms with E-state index < -0.39 is 0 Å². The molecule has 4 aliphatic rings. The number of amides is 1. The maximum absolute atomic E-state index is 12.5. The quantitative estimate of drug-likeness (QED) is 0.795. The summed E-state index contributed by atoms with van der Waals surface area (Å²) in [6.45, 7) is 4.35. The third-order valence-electron chi connectivity index (χ3n) is 5.28. The SMILES string of the molecule is O=C(C1CCOCC1)N1CC2(C[C@@H](OCC3CC3)CS2)C1. The van der Waals surface area contributed by atoms with Crippen molar-refractivity contribution in [3.63, 3.8) is 0 Å². The van der Waals surface area contributed by atoms with Gasteiger partial charge < -0.3 is 14.4 Å². The Morgan fingerprint density at radius 1 is 1.24 bits per heavy atom. The van der Waals surface area contributed by atoms with Crippen LogP contribution in [0.1, 0.15) is 32.1 Å². The average molecular weight is 311 g/mol. The van der Waals surface area contributed by atoms with Crippen molar-refractivity contribution in [1.29, 1.82) is 0 Å². The van der Waals surface area contributed by atoms with Gasteiger partial charge in [-0.3, -0.25) is 4.79 Å². The molecule has 1 amide bonds. The average Bonchev–Trinajstić information content (AvgIpc) is 3.22. The minimum Gasteiger partial charge on any atom is -0.381 e. The van der Waals surface area contributed by atoms with E-state index in [9.17, 15) is 4.79 Å². The van der Waals surface area contributed by atoms with Crippen LogP contribution >= 0.6 is 11.8 Å². The molecule has 1 atom stereocenters. The highest BCUT2D eigenvalue weighted by molar-refractivity contribution is 8.01. The van der Waals surface area contributed by atoms with Crippen LogP contribution in [0, 0.1) is 11.8 Å². The monoisotopic (exact) mass is 311 g/mol. The zero-order valence-corrected chi connectivity index (χ0v) is 13.4. The van der Waals surface area contributed by atoms with E-state index in [0.29, 0.717) is 16.8 Å². The Balaban J connectivity index is 1.23. The largest absolute Gasteiger partial charge is 0.381 e. The van der Waals surface area contributed by atoms with E-state index in [1.165, 1.54) is 12.8 Å². The molecule has 3 aliphatic heterocycles. The molecule has 0 radical (unpaired) electrons. The van der Waals surface area contributed by atoms with Crippen molar-refractivity contribution in [3.8, 4) is 0 Å². The van der Waals surface area contributed by atoms with Gasteiger partial charge in [0.2, 0.25) is 5.91 Å². The van der Waals surface area contributed by atoms with Gasteiger partial charge in [-0.05, 0) is 38.0 Å². The lowest BCUT2D eigenvalue weighted by atomic mass is 9.89. The molecule has 1 aliphatic carbocycles. The first-order chi connectivity index (χ1) is 10.2. The third kappa shape index (κ3) is 3.10. The maximum atomic E-state index is 12.5. The normalized spacial score (nSPS) is 32.4. The fourth-order valence-corrected chi connectivity index (χ4v) is 5.25. The van der Waals surface area contributed by atoms with Crippen LogP contribution in [0.5, 0.6) is 0 Å².